The lowest BCUT2D eigenvalue weighted by atomic mass is 10.1. The second kappa shape index (κ2) is 3.53. The molecule has 1 unspecified atom stereocenters. The highest BCUT2D eigenvalue weighted by Crippen LogP contribution is 2.57. The normalized spacial score (nSPS) is 23.3. The van der Waals surface area contributed by atoms with Crippen LogP contribution in [0, 0.1) is 5.41 Å². The van der Waals surface area contributed by atoms with Crippen molar-refractivity contribution in [2.45, 2.75) is 32.7 Å². The van der Waals surface area contributed by atoms with Crippen LogP contribution in [0.25, 0.3) is 0 Å². The van der Waals surface area contributed by atoms with Crippen LogP contribution in [0.5, 0.6) is 0 Å². The van der Waals surface area contributed by atoms with Crippen molar-refractivity contribution in [2.24, 2.45) is 5.41 Å². The van der Waals surface area contributed by atoms with E-state index in [1.807, 2.05) is 0 Å². The van der Waals surface area contributed by atoms with Crippen molar-refractivity contribution in [3.05, 3.63) is 11.7 Å². The molecule has 2 rings (SSSR count). The van der Waals surface area contributed by atoms with Crippen molar-refractivity contribution in [1.82, 2.24) is 14.9 Å². The molecule has 1 atom stereocenters. The summed E-state index contributed by atoms with van der Waals surface area (Å²) in [6.45, 7) is 4.34. The number of hydrogen-bond acceptors (Lipinski definition) is 5. The fraction of sp³-hybridized carbons (Fsp3) is 0.778. The molecule has 0 bridgehead atoms. The summed E-state index contributed by atoms with van der Waals surface area (Å²) in [6.07, 6.45) is 2.14. The zero-order valence-electron chi connectivity index (χ0n) is 9.52. The summed E-state index contributed by atoms with van der Waals surface area (Å²) in [4.78, 5) is 4.17. The van der Waals surface area contributed by atoms with Gasteiger partial charge >= 0.3 is 0 Å². The second-order valence-corrected chi connectivity index (χ2v) is 6.72. The summed E-state index contributed by atoms with van der Waals surface area (Å²) in [5.41, 5.74) is 0.241. The number of rotatable bonds is 4. The summed E-state index contributed by atoms with van der Waals surface area (Å²) >= 11 is 0. The lowest BCUT2D eigenvalue weighted by Crippen LogP contribution is -2.21. The van der Waals surface area contributed by atoms with Gasteiger partial charge in [0, 0.05) is 5.92 Å². The van der Waals surface area contributed by atoms with Gasteiger partial charge in [0.2, 0.25) is 15.9 Å². The standard InChI is InChI=1S/C9H15N3O3S/c1-9(2)4-6(9)8-11-7(15-12-8)5-10-16(3,13)14/h6,10H,4-5H2,1-3H3. The molecular formula is C9H15N3O3S. The van der Waals surface area contributed by atoms with Crippen molar-refractivity contribution in [3.8, 4) is 0 Å². The lowest BCUT2D eigenvalue weighted by molar-refractivity contribution is 0.369. The van der Waals surface area contributed by atoms with Gasteiger partial charge in [0.15, 0.2) is 5.82 Å². The maximum atomic E-state index is 10.9. The van der Waals surface area contributed by atoms with Crippen LogP contribution in [0.4, 0.5) is 0 Å². The predicted octanol–water partition coefficient (Wildman–Crippen LogP) is 0.632. The largest absolute Gasteiger partial charge is 0.338 e. The number of sulfonamides is 1. The van der Waals surface area contributed by atoms with E-state index in [1.54, 1.807) is 0 Å². The average Bonchev–Trinajstić information content (AvgIpc) is 2.62. The molecular weight excluding hydrogens is 230 g/mol. The molecule has 6 nitrogen and oxygen atoms in total. The molecule has 1 N–H and O–H groups in total. The van der Waals surface area contributed by atoms with E-state index in [0.717, 1.165) is 12.7 Å². The van der Waals surface area contributed by atoms with Crippen LogP contribution in [0.2, 0.25) is 0 Å². The molecule has 1 aromatic rings. The Balaban J connectivity index is 1.99. The summed E-state index contributed by atoms with van der Waals surface area (Å²) in [6, 6.07) is 0. The van der Waals surface area contributed by atoms with Gasteiger partial charge in [-0.25, -0.2) is 13.1 Å². The van der Waals surface area contributed by atoms with E-state index in [9.17, 15) is 8.42 Å². The van der Waals surface area contributed by atoms with Crippen LogP contribution in [0.3, 0.4) is 0 Å². The van der Waals surface area contributed by atoms with Crippen LogP contribution in [0.15, 0.2) is 4.52 Å². The molecule has 1 saturated carbocycles. The number of hydrogen-bond donors (Lipinski definition) is 1. The van der Waals surface area contributed by atoms with Crippen LogP contribution >= 0.6 is 0 Å². The lowest BCUT2D eigenvalue weighted by Gasteiger charge is -1.96. The molecule has 0 aromatic carbocycles. The Bertz CT molecular complexity index is 492. The van der Waals surface area contributed by atoms with Crippen molar-refractivity contribution in [1.29, 1.82) is 0 Å². The van der Waals surface area contributed by atoms with Crippen molar-refractivity contribution in [2.75, 3.05) is 6.26 Å². The molecule has 0 radical (unpaired) electrons. The molecule has 16 heavy (non-hydrogen) atoms. The minimum absolute atomic E-state index is 0.0545. The zero-order valence-corrected chi connectivity index (χ0v) is 10.3. The van der Waals surface area contributed by atoms with E-state index in [2.05, 4.69) is 28.7 Å². The first-order valence-corrected chi connectivity index (χ1v) is 6.94. The third kappa shape index (κ3) is 2.59. The summed E-state index contributed by atoms with van der Waals surface area (Å²) < 4.78 is 29.0. The summed E-state index contributed by atoms with van der Waals surface area (Å²) in [5.74, 6) is 1.32. The Morgan fingerprint density at radius 3 is 2.69 bits per heavy atom. The summed E-state index contributed by atoms with van der Waals surface area (Å²) in [5, 5.41) is 3.85. The van der Waals surface area contributed by atoms with Crippen LogP contribution in [-0.4, -0.2) is 24.8 Å². The average molecular weight is 245 g/mol. The van der Waals surface area contributed by atoms with Crippen LogP contribution in [0.1, 0.15) is 37.9 Å². The minimum atomic E-state index is -3.22. The fourth-order valence-electron chi connectivity index (χ4n) is 1.58. The van der Waals surface area contributed by atoms with Gasteiger partial charge in [-0.3, -0.25) is 0 Å². The molecule has 0 aliphatic heterocycles. The van der Waals surface area contributed by atoms with Gasteiger partial charge in [-0.2, -0.15) is 4.98 Å². The van der Waals surface area contributed by atoms with E-state index < -0.39 is 10.0 Å². The number of nitrogens with one attached hydrogen (secondary N) is 1. The highest BCUT2D eigenvalue weighted by molar-refractivity contribution is 7.88. The fourth-order valence-corrected chi connectivity index (χ4v) is 1.97. The monoisotopic (exact) mass is 245 g/mol. The maximum absolute atomic E-state index is 10.9. The molecule has 1 aromatic heterocycles. The van der Waals surface area contributed by atoms with Gasteiger partial charge in [-0.05, 0) is 11.8 Å². The first kappa shape index (κ1) is 11.5. The summed E-state index contributed by atoms with van der Waals surface area (Å²) in [7, 11) is -3.22. The van der Waals surface area contributed by atoms with Crippen LogP contribution < -0.4 is 4.72 Å². The third-order valence-electron chi connectivity index (χ3n) is 2.79. The molecule has 90 valence electrons. The Morgan fingerprint density at radius 1 is 1.56 bits per heavy atom. The van der Waals surface area contributed by atoms with E-state index in [-0.39, 0.29) is 12.0 Å². The number of aromatic nitrogens is 2. The van der Waals surface area contributed by atoms with Gasteiger partial charge < -0.3 is 4.52 Å². The SMILES string of the molecule is CC1(C)CC1c1noc(CNS(C)(=O)=O)n1. The Morgan fingerprint density at radius 2 is 2.19 bits per heavy atom. The molecule has 0 saturated heterocycles. The first-order chi connectivity index (χ1) is 7.28. The van der Waals surface area contributed by atoms with Crippen molar-refractivity contribution < 1.29 is 12.9 Å². The molecule has 1 heterocycles. The minimum Gasteiger partial charge on any atom is -0.338 e. The molecule has 1 aliphatic rings. The van der Waals surface area contributed by atoms with Crippen molar-refractivity contribution >= 4 is 10.0 Å². The third-order valence-corrected chi connectivity index (χ3v) is 3.46. The van der Waals surface area contributed by atoms with Gasteiger partial charge in [0.25, 0.3) is 0 Å². The Hall–Kier alpha value is -0.950. The molecule has 0 spiro atoms. The molecule has 1 aliphatic carbocycles. The zero-order chi connectivity index (χ0) is 12.0. The van der Waals surface area contributed by atoms with Gasteiger partial charge in [0.05, 0.1) is 12.8 Å². The molecule has 7 heteroatoms. The number of nitrogens with zero attached hydrogens (tertiary/aromatic N) is 2. The smallest absolute Gasteiger partial charge is 0.241 e. The highest BCUT2D eigenvalue weighted by Gasteiger charge is 2.49. The topological polar surface area (TPSA) is 85.1 Å². The van der Waals surface area contributed by atoms with E-state index in [0.29, 0.717) is 17.6 Å². The van der Waals surface area contributed by atoms with Crippen LogP contribution in [-0.2, 0) is 16.6 Å². The van der Waals surface area contributed by atoms with E-state index in [1.165, 1.54) is 0 Å². The van der Waals surface area contributed by atoms with E-state index in [4.69, 9.17) is 4.52 Å². The van der Waals surface area contributed by atoms with Gasteiger partial charge in [-0.1, -0.05) is 19.0 Å². The second-order valence-electron chi connectivity index (χ2n) is 4.88. The Labute approximate surface area is 94.5 Å². The Kier molecular flexibility index (Phi) is 2.54. The van der Waals surface area contributed by atoms with E-state index >= 15 is 0 Å². The molecule has 0 amide bonds. The highest BCUT2D eigenvalue weighted by atomic mass is 32.2. The van der Waals surface area contributed by atoms with Gasteiger partial charge in [-0.15, -0.1) is 0 Å². The maximum Gasteiger partial charge on any atom is 0.241 e. The quantitative estimate of drug-likeness (QED) is 0.841. The van der Waals surface area contributed by atoms with Gasteiger partial charge in [0.1, 0.15) is 0 Å². The molecule has 1 fully saturated rings. The first-order valence-electron chi connectivity index (χ1n) is 5.05. The predicted molar refractivity (Wildman–Crippen MR) is 57.1 cm³/mol. The van der Waals surface area contributed by atoms with Crippen molar-refractivity contribution in [3.63, 3.8) is 0 Å².